The molecule has 19 nitrogen and oxygen atoms in total. The van der Waals surface area contributed by atoms with Crippen molar-refractivity contribution < 1.29 is 84.0 Å². The Balaban J connectivity index is 1.41. The van der Waals surface area contributed by atoms with Crippen LogP contribution in [0.15, 0.2) is 291 Å². The average molecular weight is 1560 g/mol. The van der Waals surface area contributed by atoms with Crippen LogP contribution < -0.4 is 41.5 Å². The van der Waals surface area contributed by atoms with Gasteiger partial charge in [-0.25, -0.2) is 19.2 Å². The molecule has 0 N–H and O–H groups in total. The molecule has 27 heteroatoms. The van der Waals surface area contributed by atoms with Crippen molar-refractivity contribution in [1.29, 1.82) is 0 Å². The van der Waals surface area contributed by atoms with Crippen LogP contribution in [0.4, 0.5) is 0 Å². The van der Waals surface area contributed by atoms with E-state index in [1.54, 1.807) is 41.9 Å². The van der Waals surface area contributed by atoms with Gasteiger partial charge in [0, 0.05) is 60.7 Å². The van der Waals surface area contributed by atoms with Crippen LogP contribution in [0.2, 0.25) is 24.2 Å². The Kier molecular flexibility index (Phi) is 27.2. The fourth-order valence-electron chi connectivity index (χ4n) is 12.4. The first-order valence-electron chi connectivity index (χ1n) is 34.8. The Morgan fingerprint density at radius 2 is 0.524 bits per heavy atom. The van der Waals surface area contributed by atoms with Gasteiger partial charge in [-0.2, -0.15) is 0 Å². The maximum Gasteiger partial charge on any atom is 0.479 e. The monoisotopic (exact) mass is 1550 g/mol. The topological polar surface area (TPSA) is 207 Å². The normalized spacial score (nSPS) is 19.9. The average Bonchev–Trinajstić information content (AvgIpc) is 0.698. The third-order valence-electron chi connectivity index (χ3n) is 17.4. The lowest BCUT2D eigenvalue weighted by Crippen LogP contribution is -2.86. The quantitative estimate of drug-likeness (QED) is 0.0121. The summed E-state index contributed by atoms with van der Waals surface area (Å²) < 4.78 is 116. The van der Waals surface area contributed by atoms with Crippen LogP contribution in [0.25, 0.3) is 0 Å². The summed E-state index contributed by atoms with van der Waals surface area (Å²) in [6.45, 7) is 21.1. The predicted molar refractivity (Wildman–Crippen MR) is 419 cm³/mol. The van der Waals surface area contributed by atoms with Crippen molar-refractivity contribution in [3.05, 3.63) is 291 Å². The van der Waals surface area contributed by atoms with Gasteiger partial charge in [0.05, 0.1) is 26.4 Å². The van der Waals surface area contributed by atoms with Crippen molar-refractivity contribution >= 4 is 135 Å². The number of hydrogen-bond donors (Lipinski definition) is 0. The van der Waals surface area contributed by atoms with Gasteiger partial charge < -0.3 is 64.8 Å². The second kappa shape index (κ2) is 36.0. The maximum atomic E-state index is 13.7. The van der Waals surface area contributed by atoms with Gasteiger partial charge in [-0.1, -0.05) is 269 Å². The number of carbonyl (C=O) groups is 4. The van der Waals surface area contributed by atoms with Crippen LogP contribution in [0, 0.1) is 0 Å². The van der Waals surface area contributed by atoms with Gasteiger partial charge in [0.15, 0.2) is 0 Å². The van der Waals surface area contributed by atoms with Crippen molar-refractivity contribution in [3.8, 4) is 0 Å². The van der Waals surface area contributed by atoms with E-state index in [4.69, 9.17) is 64.8 Å². The van der Waals surface area contributed by atoms with Crippen molar-refractivity contribution in [3.63, 3.8) is 0 Å². The summed E-state index contributed by atoms with van der Waals surface area (Å²) in [4.78, 5) is 54.7. The number of esters is 4. The fraction of sp³-hybridized carbons (Fsp3) is 0.231. The van der Waals surface area contributed by atoms with Crippen molar-refractivity contribution in [1.82, 2.24) is 0 Å². The molecule has 2 fully saturated rings. The molecule has 0 spiro atoms. The first-order chi connectivity index (χ1) is 50.6. The molecule has 0 amide bonds. The second-order valence-electron chi connectivity index (χ2n) is 25.5. The first-order valence-corrected chi connectivity index (χ1v) is 49.8. The van der Waals surface area contributed by atoms with E-state index in [0.29, 0.717) is 41.5 Å². The molecule has 0 radical (unpaired) electrons. The molecule has 0 aliphatic carbocycles. The molecule has 0 saturated carbocycles. The van der Waals surface area contributed by atoms with E-state index in [-0.39, 0.29) is 98.6 Å². The molecular weight excluding hydrogens is 1470 g/mol. The molecule has 10 rings (SSSR count). The molecule has 0 aromatic heterocycles. The molecule has 8 aromatic rings. The Labute approximate surface area is 624 Å². The van der Waals surface area contributed by atoms with Gasteiger partial charge in [0.2, 0.25) is 0 Å². The Morgan fingerprint density at radius 1 is 0.305 bits per heavy atom. The summed E-state index contributed by atoms with van der Waals surface area (Å²) >= 11 is 0. The van der Waals surface area contributed by atoms with Gasteiger partial charge in [0.25, 0.3) is 0 Å². The lowest BCUT2D eigenvalue weighted by Gasteiger charge is -2.57. The molecule has 2 aliphatic rings. The number of hydrogen-bond acceptors (Lipinski definition) is 19. The van der Waals surface area contributed by atoms with Gasteiger partial charge in [-0.15, -0.1) is 0 Å². The lowest BCUT2D eigenvalue weighted by atomic mass is 10.4. The number of fused-ring (bicyclic) bond motifs is 2. The lowest BCUT2D eigenvalue weighted by molar-refractivity contribution is -0.139. The van der Waals surface area contributed by atoms with Crippen molar-refractivity contribution in [2.45, 2.75) is 77.6 Å². The molecule has 2 aliphatic heterocycles. The number of carbonyl (C=O) groups excluding carboxylic acids is 4. The summed E-state index contributed by atoms with van der Waals surface area (Å²) in [5.41, 5.74) is 0.696. The second-order valence-corrected chi connectivity index (χ2v) is 50.7. The molecule has 2 atom stereocenters. The van der Waals surface area contributed by atoms with Crippen LogP contribution in [-0.2, 0) is 84.0 Å². The van der Waals surface area contributed by atoms with Gasteiger partial charge in [-0.05, 0) is 94.9 Å². The standard InChI is InChI=1S/C78H90O19Si8/c1-63(2)75(79)85-55-35-59-98-89-99(60-36-56-86-76(80)64(3)4,92-102(83-9,67-39-19-11-20-40-67)68-41-21-12-22-42-68)94-104(71-47-27-15-28-48-71,72-49-29-16-30-50-72)96-101(91-98,62-38-58-88-78(82)66(7)8)97-105(73-51-31-17-32-52-73,74-53-33-18-34-54-74)95-100(90-98,61-37-57-87-77(81)65(5)6)93-103(84-10,69-43-23-13-24-44-69)70-45-25-14-26-46-70/h11-34,39-54H,1,3,5,7,35-38,55-62H2,2,4,6,8-10H3. The number of benzene rings is 8. The van der Waals surface area contributed by atoms with Gasteiger partial charge in [0.1, 0.15) is 0 Å². The third kappa shape index (κ3) is 18.8. The van der Waals surface area contributed by atoms with Crippen LogP contribution in [0.1, 0.15) is 53.4 Å². The minimum atomic E-state index is -5.36. The highest BCUT2D eigenvalue weighted by Gasteiger charge is 2.76. The van der Waals surface area contributed by atoms with E-state index in [1.165, 1.54) is 0 Å². The summed E-state index contributed by atoms with van der Waals surface area (Å²) in [6.07, 6.45) is 0.0438. The van der Waals surface area contributed by atoms with Crippen LogP contribution in [-0.4, -0.2) is 134 Å². The van der Waals surface area contributed by atoms with Crippen molar-refractivity contribution in [2.24, 2.45) is 0 Å². The molecule has 2 saturated heterocycles. The van der Waals surface area contributed by atoms with E-state index in [0.717, 1.165) is 0 Å². The van der Waals surface area contributed by atoms with Crippen molar-refractivity contribution in [2.75, 3.05) is 40.6 Å². The minimum absolute atomic E-state index is 0.0222. The van der Waals surface area contributed by atoms with E-state index in [2.05, 4.69) is 26.3 Å². The van der Waals surface area contributed by atoms with E-state index in [1.807, 2.05) is 243 Å². The molecule has 2 unspecified atom stereocenters. The molecule has 105 heavy (non-hydrogen) atoms. The Hall–Kier alpha value is -8.10. The summed E-state index contributed by atoms with van der Waals surface area (Å²) in [6, 6.07) is 75.9. The molecule has 548 valence electrons. The fourth-order valence-corrected chi connectivity index (χ4v) is 57.1. The smallest absolute Gasteiger partial charge is 0.462 e. The zero-order valence-corrected chi connectivity index (χ0v) is 68.2. The minimum Gasteiger partial charge on any atom is -0.462 e. The van der Waals surface area contributed by atoms with Gasteiger partial charge >= 0.3 is 93.3 Å². The molecule has 2 bridgehead atoms. The highest BCUT2D eigenvalue weighted by atomic mass is 28.6. The highest BCUT2D eigenvalue weighted by molar-refractivity contribution is 7.09. The van der Waals surface area contributed by atoms with Crippen LogP contribution in [0.3, 0.4) is 0 Å². The number of ether oxygens (including phenoxy) is 4. The van der Waals surface area contributed by atoms with E-state index in [9.17, 15) is 19.2 Å². The van der Waals surface area contributed by atoms with E-state index < -0.39 is 93.3 Å². The van der Waals surface area contributed by atoms with E-state index >= 15 is 0 Å². The predicted octanol–water partition coefficient (Wildman–Crippen LogP) is 9.28. The SMILES string of the molecule is C=C(C)C(=O)OCCC[Si]12O[Si](CCCOC(=O)C(=C)C)(O[Si](OC)(c3ccccc3)c3ccccc3)O[Si](c3ccccc3)(c3ccccc3)O[Si](CCCOC(=O)C(=C)C)(O1)O[Si](c1ccccc1)(c1ccccc1)O[Si](CCCOC(=O)C(=C)C)(O[Si](OC)(c1ccccc1)c1ccccc1)O2. The summed E-state index contributed by atoms with van der Waals surface area (Å²) in [5, 5.41) is 4.90. The van der Waals surface area contributed by atoms with Gasteiger partial charge in [-0.3, -0.25) is 0 Å². The summed E-state index contributed by atoms with van der Waals surface area (Å²) in [7, 11) is -36.0. The Morgan fingerprint density at radius 3 is 0.752 bits per heavy atom. The maximum absolute atomic E-state index is 13.7. The van der Waals surface area contributed by atoms with Crippen LogP contribution >= 0.6 is 0 Å². The zero-order valence-electron chi connectivity index (χ0n) is 60.2. The third-order valence-corrected chi connectivity index (χ3v) is 53.0. The molecular formula is C78H90O19Si8. The largest absolute Gasteiger partial charge is 0.479 e. The first kappa shape index (κ1) is 79.5. The Bertz CT molecular complexity index is 3870. The highest BCUT2D eigenvalue weighted by Crippen LogP contribution is 2.46. The molecule has 2 heterocycles. The number of rotatable bonds is 34. The summed E-state index contributed by atoms with van der Waals surface area (Å²) in [5.74, 6) is -2.54. The molecule has 8 aromatic carbocycles. The zero-order chi connectivity index (χ0) is 74.6. The van der Waals surface area contributed by atoms with Crippen LogP contribution in [0.5, 0.6) is 0 Å².